The lowest BCUT2D eigenvalue weighted by molar-refractivity contribution is 0.102. The van der Waals surface area contributed by atoms with Gasteiger partial charge in [-0.2, -0.15) is 0 Å². The van der Waals surface area contributed by atoms with Crippen molar-refractivity contribution in [2.75, 3.05) is 5.32 Å². The number of nitrogens with one attached hydrogen (secondary N) is 2. The molecule has 26 heavy (non-hydrogen) atoms. The molecular weight excluding hydrogens is 369 g/mol. The van der Waals surface area contributed by atoms with Crippen LogP contribution in [0.25, 0.3) is 22.4 Å². The highest BCUT2D eigenvalue weighted by Crippen LogP contribution is 2.23. The number of rotatable bonds is 3. The van der Waals surface area contributed by atoms with Crippen LogP contribution < -0.4 is 5.32 Å². The van der Waals surface area contributed by atoms with Gasteiger partial charge >= 0.3 is 0 Å². The minimum atomic E-state index is -0.211. The summed E-state index contributed by atoms with van der Waals surface area (Å²) in [5.74, 6) is 0.515. The molecule has 1 heterocycles. The van der Waals surface area contributed by atoms with Gasteiger partial charge in [0, 0.05) is 26.9 Å². The van der Waals surface area contributed by atoms with Crippen LogP contribution in [0.4, 0.5) is 5.69 Å². The van der Waals surface area contributed by atoms with Crippen molar-refractivity contribution in [2.45, 2.75) is 0 Å². The zero-order valence-corrected chi connectivity index (χ0v) is 15.0. The Morgan fingerprint density at radius 1 is 0.923 bits per heavy atom. The molecule has 0 saturated heterocycles. The highest BCUT2D eigenvalue weighted by molar-refractivity contribution is 6.31. The summed E-state index contributed by atoms with van der Waals surface area (Å²) in [7, 11) is 0. The first kappa shape index (κ1) is 16.6. The summed E-state index contributed by atoms with van der Waals surface area (Å²) in [6, 6.07) is 19.8. The summed E-state index contributed by atoms with van der Waals surface area (Å²) in [4.78, 5) is 20.3. The number of amides is 1. The Balaban J connectivity index is 1.62. The van der Waals surface area contributed by atoms with E-state index in [0.717, 1.165) is 22.4 Å². The summed E-state index contributed by atoms with van der Waals surface area (Å²) in [6.45, 7) is 0. The lowest BCUT2D eigenvalue weighted by Gasteiger charge is -2.05. The van der Waals surface area contributed by atoms with Gasteiger partial charge in [-0.3, -0.25) is 4.79 Å². The molecule has 0 unspecified atom stereocenters. The van der Waals surface area contributed by atoms with Crippen LogP contribution in [0.15, 0.2) is 66.7 Å². The van der Waals surface area contributed by atoms with Gasteiger partial charge in [-0.15, -0.1) is 0 Å². The van der Waals surface area contributed by atoms with Crippen molar-refractivity contribution in [3.8, 4) is 11.4 Å². The summed E-state index contributed by atoms with van der Waals surface area (Å²) in [5, 5.41) is 4.08. The molecule has 0 saturated carbocycles. The molecule has 3 aromatic carbocycles. The number of aromatic amines is 1. The predicted octanol–water partition coefficient (Wildman–Crippen LogP) is 5.79. The van der Waals surface area contributed by atoms with Crippen LogP contribution in [0.5, 0.6) is 0 Å². The van der Waals surface area contributed by atoms with E-state index in [4.69, 9.17) is 23.2 Å². The number of benzene rings is 3. The Bertz CT molecular complexity index is 1100. The summed E-state index contributed by atoms with van der Waals surface area (Å²) >= 11 is 11.9. The van der Waals surface area contributed by atoms with Crippen molar-refractivity contribution in [3.05, 3.63) is 82.3 Å². The summed E-state index contributed by atoms with van der Waals surface area (Å²) in [5.41, 5.74) is 3.68. The normalized spacial score (nSPS) is 10.8. The average Bonchev–Trinajstić information content (AvgIpc) is 3.05. The molecule has 4 rings (SSSR count). The van der Waals surface area contributed by atoms with Crippen molar-refractivity contribution in [1.29, 1.82) is 0 Å². The fraction of sp³-hybridized carbons (Fsp3) is 0. The SMILES string of the molecule is O=C(Nc1cccc(Cl)c1)c1ccc2nc(-c3ccc(Cl)cc3)[nH]c2c1. The van der Waals surface area contributed by atoms with Crippen LogP contribution in [0, 0.1) is 0 Å². The molecule has 0 aliphatic carbocycles. The van der Waals surface area contributed by atoms with Gasteiger partial charge in [0.1, 0.15) is 5.82 Å². The highest BCUT2D eigenvalue weighted by atomic mass is 35.5. The van der Waals surface area contributed by atoms with E-state index in [1.165, 1.54) is 0 Å². The Hall–Kier alpha value is -2.82. The van der Waals surface area contributed by atoms with Crippen LogP contribution in [0.3, 0.4) is 0 Å². The second kappa shape index (κ2) is 6.83. The number of halogens is 2. The van der Waals surface area contributed by atoms with Crippen LogP contribution in [-0.2, 0) is 0 Å². The molecule has 0 radical (unpaired) electrons. The van der Waals surface area contributed by atoms with Gasteiger partial charge in [-0.05, 0) is 60.7 Å². The first-order valence-electron chi connectivity index (χ1n) is 7.91. The van der Waals surface area contributed by atoms with Gasteiger partial charge in [0.05, 0.1) is 11.0 Å². The molecular formula is C20H13Cl2N3O. The number of carbonyl (C=O) groups excluding carboxylic acids is 1. The van der Waals surface area contributed by atoms with Crippen LogP contribution in [0.1, 0.15) is 10.4 Å². The van der Waals surface area contributed by atoms with Gasteiger partial charge < -0.3 is 10.3 Å². The number of H-pyrrole nitrogens is 1. The van der Waals surface area contributed by atoms with Gasteiger partial charge in [0.25, 0.3) is 5.91 Å². The van der Waals surface area contributed by atoms with Crippen LogP contribution in [0.2, 0.25) is 10.0 Å². The predicted molar refractivity (Wildman–Crippen MR) is 106 cm³/mol. The van der Waals surface area contributed by atoms with Gasteiger partial charge in [0.15, 0.2) is 0 Å². The zero-order valence-electron chi connectivity index (χ0n) is 13.5. The van der Waals surface area contributed by atoms with Crippen molar-refractivity contribution >= 4 is 45.8 Å². The second-order valence-electron chi connectivity index (χ2n) is 5.79. The maximum absolute atomic E-state index is 12.5. The lowest BCUT2D eigenvalue weighted by Crippen LogP contribution is -2.11. The molecule has 4 nitrogen and oxygen atoms in total. The van der Waals surface area contributed by atoms with Crippen molar-refractivity contribution in [1.82, 2.24) is 9.97 Å². The number of aromatic nitrogens is 2. The number of hydrogen-bond acceptors (Lipinski definition) is 2. The smallest absolute Gasteiger partial charge is 0.255 e. The van der Waals surface area contributed by atoms with Crippen LogP contribution in [-0.4, -0.2) is 15.9 Å². The molecule has 0 spiro atoms. The molecule has 1 aromatic heterocycles. The van der Waals surface area contributed by atoms with Gasteiger partial charge in [0.2, 0.25) is 0 Å². The van der Waals surface area contributed by atoms with Crippen LogP contribution >= 0.6 is 23.2 Å². The molecule has 0 aliphatic heterocycles. The molecule has 0 aliphatic rings. The average molecular weight is 382 g/mol. The molecule has 0 bridgehead atoms. The second-order valence-corrected chi connectivity index (χ2v) is 6.66. The zero-order chi connectivity index (χ0) is 18.1. The fourth-order valence-corrected chi connectivity index (χ4v) is 2.98. The molecule has 1 amide bonds. The molecule has 128 valence electrons. The molecule has 6 heteroatoms. The molecule has 4 aromatic rings. The van der Waals surface area contributed by atoms with Gasteiger partial charge in [-0.25, -0.2) is 4.98 Å². The minimum Gasteiger partial charge on any atom is -0.338 e. The monoisotopic (exact) mass is 381 g/mol. The molecule has 0 atom stereocenters. The molecule has 2 N–H and O–H groups in total. The molecule has 0 fully saturated rings. The lowest BCUT2D eigenvalue weighted by atomic mass is 10.2. The number of hydrogen-bond donors (Lipinski definition) is 2. The summed E-state index contributed by atoms with van der Waals surface area (Å²) in [6.07, 6.45) is 0. The standard InChI is InChI=1S/C20H13Cl2N3O/c21-14-7-4-12(5-8-14)19-24-17-9-6-13(10-18(17)25-19)20(26)23-16-3-1-2-15(22)11-16/h1-11H,(H,23,26)(H,24,25). The maximum atomic E-state index is 12.5. The topological polar surface area (TPSA) is 57.8 Å². The third-order valence-corrected chi connectivity index (χ3v) is 4.43. The quantitative estimate of drug-likeness (QED) is 0.471. The van der Waals surface area contributed by atoms with Crippen molar-refractivity contribution in [3.63, 3.8) is 0 Å². The van der Waals surface area contributed by atoms with E-state index >= 15 is 0 Å². The minimum absolute atomic E-state index is 0.211. The Labute approximate surface area is 159 Å². The third kappa shape index (κ3) is 3.43. The maximum Gasteiger partial charge on any atom is 0.255 e. The van der Waals surface area contributed by atoms with E-state index in [0.29, 0.717) is 21.3 Å². The Morgan fingerprint density at radius 2 is 1.73 bits per heavy atom. The first-order chi connectivity index (χ1) is 12.6. The van der Waals surface area contributed by atoms with Gasteiger partial charge in [-0.1, -0.05) is 29.3 Å². The van der Waals surface area contributed by atoms with E-state index in [1.54, 1.807) is 36.4 Å². The first-order valence-corrected chi connectivity index (χ1v) is 8.67. The Kier molecular flexibility index (Phi) is 4.37. The highest BCUT2D eigenvalue weighted by Gasteiger charge is 2.10. The van der Waals surface area contributed by atoms with E-state index in [-0.39, 0.29) is 5.91 Å². The largest absolute Gasteiger partial charge is 0.338 e. The van der Waals surface area contributed by atoms with E-state index in [1.807, 2.05) is 30.3 Å². The fourth-order valence-electron chi connectivity index (χ4n) is 2.66. The van der Waals surface area contributed by atoms with E-state index in [2.05, 4.69) is 15.3 Å². The number of anilines is 1. The number of fused-ring (bicyclic) bond motifs is 1. The number of nitrogens with zero attached hydrogens (tertiary/aromatic N) is 1. The number of imidazole rings is 1. The van der Waals surface area contributed by atoms with E-state index < -0.39 is 0 Å². The van der Waals surface area contributed by atoms with Crippen molar-refractivity contribution < 1.29 is 4.79 Å². The summed E-state index contributed by atoms with van der Waals surface area (Å²) < 4.78 is 0. The van der Waals surface area contributed by atoms with E-state index in [9.17, 15) is 4.79 Å². The number of carbonyl (C=O) groups is 1. The van der Waals surface area contributed by atoms with Crippen molar-refractivity contribution in [2.24, 2.45) is 0 Å². The Morgan fingerprint density at radius 3 is 2.50 bits per heavy atom. The third-order valence-electron chi connectivity index (χ3n) is 3.94.